The average Bonchev–Trinajstić information content (AvgIpc) is 2.48. The van der Waals surface area contributed by atoms with Crippen LogP contribution in [0.25, 0.3) is 11.1 Å². The summed E-state index contributed by atoms with van der Waals surface area (Å²) in [6, 6.07) is 18.0. The van der Waals surface area contributed by atoms with Gasteiger partial charge < -0.3 is 10.8 Å². The van der Waals surface area contributed by atoms with E-state index in [-0.39, 0.29) is 18.4 Å². The van der Waals surface area contributed by atoms with E-state index >= 15 is 0 Å². The van der Waals surface area contributed by atoms with Crippen LogP contribution in [0.3, 0.4) is 0 Å². The standard InChI is InChI=1S/C17H21NO.ClH/c1-2-7-16(19)17(18)15-11-6-10-14(12-15)13-8-4-3-5-9-13;/h3-6,8-12,16-17,19H,2,7,18H2,1H3;1H/t16-,17+;/m0./s1. The van der Waals surface area contributed by atoms with E-state index in [0.29, 0.717) is 0 Å². The highest BCUT2D eigenvalue weighted by Gasteiger charge is 2.16. The van der Waals surface area contributed by atoms with Crippen LogP contribution in [0, 0.1) is 0 Å². The summed E-state index contributed by atoms with van der Waals surface area (Å²) in [7, 11) is 0. The predicted molar refractivity (Wildman–Crippen MR) is 87.0 cm³/mol. The van der Waals surface area contributed by atoms with Gasteiger partial charge in [0.1, 0.15) is 0 Å². The number of hydrogen-bond donors (Lipinski definition) is 2. The van der Waals surface area contributed by atoms with Crippen molar-refractivity contribution in [1.29, 1.82) is 0 Å². The van der Waals surface area contributed by atoms with Crippen LogP contribution in [-0.4, -0.2) is 11.2 Å². The smallest absolute Gasteiger partial charge is 0.0732 e. The monoisotopic (exact) mass is 291 g/mol. The van der Waals surface area contributed by atoms with E-state index < -0.39 is 6.10 Å². The Labute approximate surface area is 127 Å². The zero-order valence-electron chi connectivity index (χ0n) is 11.7. The lowest BCUT2D eigenvalue weighted by Gasteiger charge is -2.19. The van der Waals surface area contributed by atoms with E-state index in [2.05, 4.69) is 31.2 Å². The molecule has 0 bridgehead atoms. The summed E-state index contributed by atoms with van der Waals surface area (Å²) < 4.78 is 0. The first-order valence-corrected chi connectivity index (χ1v) is 6.81. The minimum atomic E-state index is -0.476. The van der Waals surface area contributed by atoms with Crippen LogP contribution in [-0.2, 0) is 0 Å². The molecule has 0 aliphatic rings. The minimum absolute atomic E-state index is 0. The number of halogens is 1. The molecule has 0 fully saturated rings. The number of rotatable bonds is 5. The fourth-order valence-corrected chi connectivity index (χ4v) is 2.25. The number of nitrogens with two attached hydrogens (primary N) is 1. The Morgan fingerprint density at radius 2 is 1.65 bits per heavy atom. The van der Waals surface area contributed by atoms with Crippen LogP contribution >= 0.6 is 12.4 Å². The molecule has 0 saturated heterocycles. The molecule has 2 aromatic rings. The Morgan fingerprint density at radius 1 is 1.00 bits per heavy atom. The van der Waals surface area contributed by atoms with Crippen molar-refractivity contribution in [2.24, 2.45) is 5.73 Å². The zero-order valence-corrected chi connectivity index (χ0v) is 12.5. The lowest BCUT2D eigenvalue weighted by molar-refractivity contribution is 0.134. The molecule has 0 aliphatic heterocycles. The SMILES string of the molecule is CCC[C@H](O)[C@H](N)c1cccc(-c2ccccc2)c1.Cl. The molecule has 0 saturated carbocycles. The Bertz CT molecular complexity index is 515. The third-order valence-corrected chi connectivity index (χ3v) is 3.38. The van der Waals surface area contributed by atoms with E-state index in [4.69, 9.17) is 5.73 Å². The van der Waals surface area contributed by atoms with Crippen molar-refractivity contribution in [2.75, 3.05) is 0 Å². The maximum atomic E-state index is 10.0. The normalized spacial score (nSPS) is 13.3. The highest BCUT2D eigenvalue weighted by molar-refractivity contribution is 5.85. The van der Waals surface area contributed by atoms with E-state index in [1.807, 2.05) is 30.3 Å². The highest BCUT2D eigenvalue weighted by Crippen LogP contribution is 2.24. The number of benzene rings is 2. The molecule has 2 rings (SSSR count). The van der Waals surface area contributed by atoms with E-state index in [9.17, 15) is 5.11 Å². The summed E-state index contributed by atoms with van der Waals surface area (Å²) in [5, 5.41) is 10.0. The average molecular weight is 292 g/mol. The Morgan fingerprint density at radius 3 is 2.30 bits per heavy atom. The minimum Gasteiger partial charge on any atom is -0.391 e. The van der Waals surface area contributed by atoms with Crippen molar-refractivity contribution < 1.29 is 5.11 Å². The molecule has 2 atom stereocenters. The van der Waals surface area contributed by atoms with Gasteiger partial charge in [-0.1, -0.05) is 61.9 Å². The molecule has 0 radical (unpaired) electrons. The highest BCUT2D eigenvalue weighted by atomic mass is 35.5. The molecule has 0 aromatic heterocycles. The second-order valence-corrected chi connectivity index (χ2v) is 4.87. The topological polar surface area (TPSA) is 46.2 Å². The molecule has 0 aliphatic carbocycles. The van der Waals surface area contributed by atoms with Gasteiger partial charge in [0.15, 0.2) is 0 Å². The van der Waals surface area contributed by atoms with Gasteiger partial charge in [0, 0.05) is 0 Å². The van der Waals surface area contributed by atoms with E-state index in [1.165, 1.54) is 5.56 Å². The van der Waals surface area contributed by atoms with E-state index in [1.54, 1.807) is 0 Å². The lowest BCUT2D eigenvalue weighted by atomic mass is 9.95. The quantitative estimate of drug-likeness (QED) is 0.876. The zero-order chi connectivity index (χ0) is 13.7. The fourth-order valence-electron chi connectivity index (χ4n) is 2.25. The summed E-state index contributed by atoms with van der Waals surface area (Å²) in [6.45, 7) is 2.05. The molecule has 2 aromatic carbocycles. The second kappa shape index (κ2) is 8.05. The Kier molecular flexibility index (Phi) is 6.73. The molecule has 0 amide bonds. The van der Waals surface area contributed by atoms with Gasteiger partial charge in [0.2, 0.25) is 0 Å². The maximum Gasteiger partial charge on any atom is 0.0732 e. The van der Waals surface area contributed by atoms with Crippen molar-refractivity contribution in [2.45, 2.75) is 31.9 Å². The summed E-state index contributed by atoms with van der Waals surface area (Å²) in [6.07, 6.45) is 1.19. The summed E-state index contributed by atoms with van der Waals surface area (Å²) in [4.78, 5) is 0. The molecule has 3 N–H and O–H groups in total. The second-order valence-electron chi connectivity index (χ2n) is 4.87. The number of aliphatic hydroxyl groups excluding tert-OH is 1. The van der Waals surface area contributed by atoms with Gasteiger partial charge in [0.25, 0.3) is 0 Å². The molecule has 2 nitrogen and oxygen atoms in total. The van der Waals surface area contributed by atoms with Crippen molar-refractivity contribution in [3.8, 4) is 11.1 Å². The molecular formula is C17H22ClNO. The van der Waals surface area contributed by atoms with Crippen LogP contribution in [0.2, 0.25) is 0 Å². The van der Waals surface area contributed by atoms with Crippen LogP contribution in [0.5, 0.6) is 0 Å². The molecule has 0 heterocycles. The number of aliphatic hydroxyl groups is 1. The van der Waals surface area contributed by atoms with Crippen molar-refractivity contribution in [3.05, 3.63) is 60.2 Å². The Hall–Kier alpha value is -1.35. The van der Waals surface area contributed by atoms with Crippen LogP contribution in [0.15, 0.2) is 54.6 Å². The fraction of sp³-hybridized carbons (Fsp3) is 0.294. The van der Waals surface area contributed by atoms with Gasteiger partial charge in [-0.15, -0.1) is 12.4 Å². The predicted octanol–water partition coefficient (Wildman–Crippen LogP) is 3.94. The van der Waals surface area contributed by atoms with Gasteiger partial charge in [-0.25, -0.2) is 0 Å². The third-order valence-electron chi connectivity index (χ3n) is 3.38. The van der Waals surface area contributed by atoms with Crippen molar-refractivity contribution in [1.82, 2.24) is 0 Å². The van der Waals surface area contributed by atoms with E-state index in [0.717, 1.165) is 24.0 Å². The van der Waals surface area contributed by atoms with Crippen LogP contribution in [0.1, 0.15) is 31.4 Å². The first kappa shape index (κ1) is 16.7. The van der Waals surface area contributed by atoms with Gasteiger partial charge in [0.05, 0.1) is 12.1 Å². The van der Waals surface area contributed by atoms with Gasteiger partial charge in [-0.3, -0.25) is 0 Å². The maximum absolute atomic E-state index is 10.0. The van der Waals surface area contributed by atoms with Crippen molar-refractivity contribution >= 4 is 12.4 Å². The van der Waals surface area contributed by atoms with Gasteiger partial charge in [-0.2, -0.15) is 0 Å². The number of hydrogen-bond acceptors (Lipinski definition) is 2. The Balaban J connectivity index is 0.00000200. The molecule has 3 heteroatoms. The molecule has 0 spiro atoms. The van der Waals surface area contributed by atoms with Crippen molar-refractivity contribution in [3.63, 3.8) is 0 Å². The lowest BCUT2D eigenvalue weighted by Crippen LogP contribution is -2.25. The molecule has 20 heavy (non-hydrogen) atoms. The van der Waals surface area contributed by atoms with Gasteiger partial charge in [-0.05, 0) is 29.2 Å². The molecule has 108 valence electrons. The summed E-state index contributed by atoms with van der Waals surface area (Å²) >= 11 is 0. The molecular weight excluding hydrogens is 270 g/mol. The largest absolute Gasteiger partial charge is 0.391 e. The summed E-state index contributed by atoms with van der Waals surface area (Å²) in [5.74, 6) is 0. The van der Waals surface area contributed by atoms with Crippen LogP contribution < -0.4 is 5.73 Å². The first-order chi connectivity index (χ1) is 9.22. The summed E-state index contributed by atoms with van der Waals surface area (Å²) in [5.41, 5.74) is 9.41. The van der Waals surface area contributed by atoms with Crippen LogP contribution in [0.4, 0.5) is 0 Å². The van der Waals surface area contributed by atoms with Gasteiger partial charge >= 0.3 is 0 Å². The third kappa shape index (κ3) is 4.07. The molecule has 0 unspecified atom stereocenters. The first-order valence-electron chi connectivity index (χ1n) is 6.81.